The number of nitrogens with one attached hydrogen (secondary N) is 1. The van der Waals surface area contributed by atoms with Crippen molar-refractivity contribution in [1.82, 2.24) is 15.0 Å². The normalized spacial score (nSPS) is 10.9. The summed E-state index contributed by atoms with van der Waals surface area (Å²) < 4.78 is 34.6. The minimum Gasteiger partial charge on any atom is -0.486 e. The molecule has 134 valence electrons. The Morgan fingerprint density at radius 2 is 1.96 bits per heavy atom. The van der Waals surface area contributed by atoms with Crippen LogP contribution in [0.2, 0.25) is 0 Å². The maximum absolute atomic E-state index is 14.9. The van der Waals surface area contributed by atoms with Crippen LogP contribution in [0.25, 0.3) is 11.0 Å². The van der Waals surface area contributed by atoms with Gasteiger partial charge in [0.25, 0.3) is 0 Å². The van der Waals surface area contributed by atoms with Crippen LogP contribution in [0.15, 0.2) is 61.2 Å². The third kappa shape index (κ3) is 3.15. The first-order chi connectivity index (χ1) is 13.1. The predicted octanol–water partition coefficient (Wildman–Crippen LogP) is 4.05. The van der Waals surface area contributed by atoms with E-state index in [1.54, 1.807) is 42.9 Å². The fourth-order valence-corrected chi connectivity index (χ4v) is 2.78. The van der Waals surface area contributed by atoms with E-state index >= 15 is 0 Å². The Balaban J connectivity index is 1.69. The third-order valence-corrected chi connectivity index (χ3v) is 4.10. The van der Waals surface area contributed by atoms with Crippen molar-refractivity contribution in [3.8, 4) is 5.75 Å². The first-order valence-electron chi connectivity index (χ1n) is 8.11. The highest BCUT2D eigenvalue weighted by Crippen LogP contribution is 2.28. The van der Waals surface area contributed by atoms with Crippen molar-refractivity contribution in [1.29, 1.82) is 0 Å². The van der Waals surface area contributed by atoms with Crippen LogP contribution in [0.1, 0.15) is 21.5 Å². The van der Waals surface area contributed by atoms with E-state index in [0.717, 1.165) is 17.7 Å². The topological polar surface area (TPSA) is 67.9 Å². The molecule has 0 aliphatic heterocycles. The van der Waals surface area contributed by atoms with Gasteiger partial charge in [0.05, 0.1) is 5.56 Å². The van der Waals surface area contributed by atoms with E-state index in [2.05, 4.69) is 15.0 Å². The van der Waals surface area contributed by atoms with Crippen LogP contribution < -0.4 is 4.74 Å². The van der Waals surface area contributed by atoms with Crippen molar-refractivity contribution in [2.75, 3.05) is 0 Å². The molecule has 0 saturated heterocycles. The molecule has 0 aliphatic rings. The summed E-state index contributed by atoms with van der Waals surface area (Å²) in [6.07, 6.45) is 6.13. The molecule has 0 atom stereocenters. The van der Waals surface area contributed by atoms with Gasteiger partial charge in [-0.15, -0.1) is 0 Å². The van der Waals surface area contributed by atoms with Crippen LogP contribution in [-0.4, -0.2) is 20.7 Å². The van der Waals surface area contributed by atoms with Gasteiger partial charge in [-0.3, -0.25) is 9.78 Å². The number of rotatable bonds is 5. The molecule has 1 aromatic carbocycles. The Labute approximate surface area is 152 Å². The second-order valence-corrected chi connectivity index (χ2v) is 5.82. The number of fused-ring (bicyclic) bond motifs is 1. The number of ether oxygens (including phenoxy) is 1. The van der Waals surface area contributed by atoms with Crippen LogP contribution in [0.4, 0.5) is 8.78 Å². The van der Waals surface area contributed by atoms with Gasteiger partial charge in [-0.25, -0.2) is 13.8 Å². The highest BCUT2D eigenvalue weighted by Gasteiger charge is 2.24. The number of nitrogens with zero attached hydrogens (tertiary/aromatic N) is 2. The average molecular weight is 365 g/mol. The second kappa shape index (κ2) is 6.95. The number of aromatic nitrogens is 3. The van der Waals surface area contributed by atoms with Gasteiger partial charge in [0.15, 0.2) is 11.6 Å². The van der Waals surface area contributed by atoms with E-state index in [9.17, 15) is 13.6 Å². The number of halogens is 2. The molecule has 0 fully saturated rings. The van der Waals surface area contributed by atoms with Gasteiger partial charge in [-0.1, -0.05) is 6.07 Å². The van der Waals surface area contributed by atoms with Crippen LogP contribution in [0.3, 0.4) is 0 Å². The Bertz CT molecular complexity index is 1130. The minimum atomic E-state index is -1.04. The number of hydrogen-bond donors (Lipinski definition) is 1. The lowest BCUT2D eigenvalue weighted by atomic mass is 10.0. The SMILES string of the molecule is O=C(c1c(F)ccc(OCc2cccnc2)c1F)c1c[nH]c2ncccc12. The van der Waals surface area contributed by atoms with E-state index in [4.69, 9.17) is 4.74 Å². The molecule has 0 saturated carbocycles. The van der Waals surface area contributed by atoms with Crippen molar-refractivity contribution >= 4 is 16.8 Å². The highest BCUT2D eigenvalue weighted by molar-refractivity contribution is 6.16. The van der Waals surface area contributed by atoms with Gasteiger partial charge in [-0.2, -0.15) is 0 Å². The molecule has 0 bridgehead atoms. The molecule has 0 radical (unpaired) electrons. The summed E-state index contributed by atoms with van der Waals surface area (Å²) in [4.78, 5) is 23.6. The summed E-state index contributed by atoms with van der Waals surface area (Å²) in [6, 6.07) is 8.97. The summed E-state index contributed by atoms with van der Waals surface area (Å²) in [5.41, 5.74) is 0.659. The van der Waals surface area contributed by atoms with Gasteiger partial charge < -0.3 is 9.72 Å². The molecule has 4 aromatic rings. The molecular formula is C20H13F2N3O2. The Morgan fingerprint density at radius 3 is 2.78 bits per heavy atom. The lowest BCUT2D eigenvalue weighted by Crippen LogP contribution is -2.09. The molecule has 1 N–H and O–H groups in total. The number of H-pyrrole nitrogens is 1. The van der Waals surface area contributed by atoms with Gasteiger partial charge in [0.2, 0.25) is 5.78 Å². The molecule has 4 rings (SSSR count). The monoisotopic (exact) mass is 365 g/mol. The number of carbonyl (C=O) groups is 1. The maximum atomic E-state index is 14.9. The summed E-state index contributed by atoms with van der Waals surface area (Å²) in [6.45, 7) is 0.0427. The lowest BCUT2D eigenvalue weighted by Gasteiger charge is -2.10. The minimum absolute atomic E-state index is 0.0427. The zero-order valence-corrected chi connectivity index (χ0v) is 13.9. The van der Waals surface area contributed by atoms with Crippen molar-refractivity contribution in [2.24, 2.45) is 0 Å². The van der Waals surface area contributed by atoms with E-state index in [0.29, 0.717) is 11.0 Å². The number of benzene rings is 1. The van der Waals surface area contributed by atoms with Gasteiger partial charge in [0.1, 0.15) is 18.1 Å². The molecule has 0 amide bonds. The Morgan fingerprint density at radius 1 is 1.11 bits per heavy atom. The van der Waals surface area contributed by atoms with Crippen molar-refractivity contribution in [2.45, 2.75) is 6.61 Å². The molecule has 0 unspecified atom stereocenters. The molecule has 5 nitrogen and oxygen atoms in total. The molecule has 0 aliphatic carbocycles. The van der Waals surface area contributed by atoms with E-state index < -0.39 is 23.0 Å². The largest absolute Gasteiger partial charge is 0.486 e. The Kier molecular flexibility index (Phi) is 4.33. The Hall–Kier alpha value is -3.61. The van der Waals surface area contributed by atoms with Crippen molar-refractivity contribution in [3.63, 3.8) is 0 Å². The third-order valence-electron chi connectivity index (χ3n) is 4.10. The first kappa shape index (κ1) is 16.8. The van der Waals surface area contributed by atoms with E-state index in [-0.39, 0.29) is 17.9 Å². The van der Waals surface area contributed by atoms with Crippen molar-refractivity contribution < 1.29 is 18.3 Å². The number of pyridine rings is 2. The molecule has 3 heterocycles. The van der Waals surface area contributed by atoms with Gasteiger partial charge in [0, 0.05) is 41.3 Å². The van der Waals surface area contributed by atoms with E-state index in [1.165, 1.54) is 6.20 Å². The zero-order chi connectivity index (χ0) is 18.8. The standard InChI is InChI=1S/C20H13F2N3O2/c21-15-5-6-16(27-11-12-3-1-7-23-9-12)18(22)17(15)19(26)14-10-25-20-13(14)4-2-8-24-20/h1-10H,11H2,(H,24,25). The summed E-state index contributed by atoms with van der Waals surface area (Å²) in [5.74, 6) is -2.98. The lowest BCUT2D eigenvalue weighted by molar-refractivity contribution is 0.103. The van der Waals surface area contributed by atoms with Crippen LogP contribution in [0.5, 0.6) is 5.75 Å². The quantitative estimate of drug-likeness (QED) is 0.542. The summed E-state index contributed by atoms with van der Waals surface area (Å²) in [5, 5.41) is 0.489. The maximum Gasteiger partial charge on any atom is 0.201 e. The van der Waals surface area contributed by atoms with Crippen LogP contribution in [0, 0.1) is 11.6 Å². The fourth-order valence-electron chi connectivity index (χ4n) is 2.78. The molecular weight excluding hydrogens is 352 g/mol. The average Bonchev–Trinajstić information content (AvgIpc) is 3.12. The number of hydrogen-bond acceptors (Lipinski definition) is 4. The van der Waals surface area contributed by atoms with Crippen LogP contribution >= 0.6 is 0 Å². The number of aromatic amines is 1. The molecule has 27 heavy (non-hydrogen) atoms. The zero-order valence-electron chi connectivity index (χ0n) is 13.9. The summed E-state index contributed by atoms with van der Waals surface area (Å²) >= 11 is 0. The first-order valence-corrected chi connectivity index (χ1v) is 8.11. The molecule has 0 spiro atoms. The van der Waals surface area contributed by atoms with E-state index in [1.807, 2.05) is 0 Å². The summed E-state index contributed by atoms with van der Waals surface area (Å²) in [7, 11) is 0. The van der Waals surface area contributed by atoms with Crippen LogP contribution in [-0.2, 0) is 6.61 Å². The van der Waals surface area contributed by atoms with Gasteiger partial charge in [-0.05, 0) is 30.3 Å². The fraction of sp³-hybridized carbons (Fsp3) is 0.0500. The van der Waals surface area contributed by atoms with Crippen molar-refractivity contribution in [3.05, 3.63) is 89.5 Å². The molecule has 7 heteroatoms. The molecule has 3 aromatic heterocycles. The van der Waals surface area contributed by atoms with Gasteiger partial charge >= 0.3 is 0 Å². The smallest absolute Gasteiger partial charge is 0.201 e. The number of ketones is 1. The highest BCUT2D eigenvalue weighted by atomic mass is 19.1. The predicted molar refractivity (Wildman–Crippen MR) is 94.5 cm³/mol. The second-order valence-electron chi connectivity index (χ2n) is 5.82. The number of carbonyl (C=O) groups excluding carboxylic acids is 1.